The molecule has 2 amide bonds. The molecule has 1 N–H and O–H groups in total. The molecule has 0 radical (unpaired) electrons. The average Bonchev–Trinajstić information content (AvgIpc) is 2.73. The highest BCUT2D eigenvalue weighted by molar-refractivity contribution is 5.83. The fourth-order valence-corrected chi connectivity index (χ4v) is 4.56. The first kappa shape index (κ1) is 19.4. The summed E-state index contributed by atoms with van der Waals surface area (Å²) in [6, 6.07) is 15.4. The van der Waals surface area contributed by atoms with Gasteiger partial charge in [-0.15, -0.1) is 0 Å². The van der Waals surface area contributed by atoms with Crippen molar-refractivity contribution in [3.63, 3.8) is 0 Å². The molecule has 1 aromatic carbocycles. The SMILES string of the molecule is O=C(CCC(=O)N1CC2C[C@H](C1)Cn1c2cccc1=O)NCCc1ccccc1. The molecule has 6 nitrogen and oxygen atoms in total. The average molecular weight is 393 g/mol. The highest BCUT2D eigenvalue weighted by atomic mass is 16.2. The van der Waals surface area contributed by atoms with Crippen LogP contribution in [0.15, 0.2) is 53.3 Å². The number of hydrogen-bond donors (Lipinski definition) is 1. The number of fused-ring (bicyclic) bond motifs is 4. The van der Waals surface area contributed by atoms with Gasteiger partial charge in [-0.05, 0) is 30.4 Å². The summed E-state index contributed by atoms with van der Waals surface area (Å²) in [5.41, 5.74) is 2.26. The Morgan fingerprint density at radius 2 is 1.79 bits per heavy atom. The molecule has 0 aliphatic carbocycles. The molecule has 0 spiro atoms. The molecule has 1 aromatic heterocycles. The second kappa shape index (κ2) is 8.64. The van der Waals surface area contributed by atoms with Gasteiger partial charge in [-0.3, -0.25) is 14.4 Å². The van der Waals surface area contributed by atoms with Crippen LogP contribution in [0.3, 0.4) is 0 Å². The van der Waals surface area contributed by atoms with Gasteiger partial charge in [0.05, 0.1) is 0 Å². The van der Waals surface area contributed by atoms with E-state index in [9.17, 15) is 14.4 Å². The first-order chi connectivity index (χ1) is 14.1. The summed E-state index contributed by atoms with van der Waals surface area (Å²) in [7, 11) is 0. The molecule has 1 fully saturated rings. The van der Waals surface area contributed by atoms with Crippen LogP contribution in [0.1, 0.15) is 36.4 Å². The highest BCUT2D eigenvalue weighted by Gasteiger charge is 2.36. The minimum Gasteiger partial charge on any atom is -0.356 e. The summed E-state index contributed by atoms with van der Waals surface area (Å²) in [5.74, 6) is 0.470. The van der Waals surface area contributed by atoms with Crippen molar-refractivity contribution in [2.75, 3.05) is 19.6 Å². The zero-order chi connectivity index (χ0) is 20.2. The van der Waals surface area contributed by atoms with E-state index < -0.39 is 0 Å². The lowest BCUT2D eigenvalue weighted by Gasteiger charge is -2.42. The Bertz CT molecular complexity index is 938. The van der Waals surface area contributed by atoms with E-state index in [0.717, 1.165) is 18.5 Å². The number of rotatable bonds is 6. The van der Waals surface area contributed by atoms with Crippen molar-refractivity contribution < 1.29 is 9.59 Å². The lowest BCUT2D eigenvalue weighted by molar-refractivity contribution is -0.136. The molecule has 2 atom stereocenters. The van der Waals surface area contributed by atoms with Crippen molar-refractivity contribution in [3.8, 4) is 0 Å². The van der Waals surface area contributed by atoms with E-state index in [4.69, 9.17) is 0 Å². The van der Waals surface area contributed by atoms with Gasteiger partial charge in [-0.25, -0.2) is 0 Å². The van der Waals surface area contributed by atoms with Crippen molar-refractivity contribution in [2.45, 2.75) is 38.1 Å². The molecule has 1 saturated heterocycles. The minimum atomic E-state index is -0.0802. The fourth-order valence-electron chi connectivity index (χ4n) is 4.56. The Hall–Kier alpha value is -2.89. The lowest BCUT2D eigenvalue weighted by Crippen LogP contribution is -2.49. The monoisotopic (exact) mass is 393 g/mol. The molecule has 29 heavy (non-hydrogen) atoms. The summed E-state index contributed by atoms with van der Waals surface area (Å²) < 4.78 is 1.86. The van der Waals surface area contributed by atoms with Crippen molar-refractivity contribution in [2.24, 2.45) is 5.92 Å². The first-order valence-corrected chi connectivity index (χ1v) is 10.4. The Kier molecular flexibility index (Phi) is 5.79. The van der Waals surface area contributed by atoms with E-state index in [1.807, 2.05) is 45.9 Å². The highest BCUT2D eigenvalue weighted by Crippen LogP contribution is 2.35. The predicted molar refractivity (Wildman–Crippen MR) is 111 cm³/mol. The Morgan fingerprint density at radius 3 is 2.62 bits per heavy atom. The maximum absolute atomic E-state index is 12.7. The van der Waals surface area contributed by atoms with Crippen molar-refractivity contribution in [1.82, 2.24) is 14.8 Å². The molecule has 2 aliphatic rings. The third kappa shape index (κ3) is 4.58. The molecule has 3 heterocycles. The summed E-state index contributed by atoms with van der Waals surface area (Å²) >= 11 is 0. The van der Waals surface area contributed by atoms with Crippen LogP contribution in [-0.2, 0) is 22.6 Å². The van der Waals surface area contributed by atoms with Crippen LogP contribution in [0.25, 0.3) is 0 Å². The van der Waals surface area contributed by atoms with Gasteiger partial charge in [0.15, 0.2) is 0 Å². The van der Waals surface area contributed by atoms with Gasteiger partial charge in [-0.1, -0.05) is 36.4 Å². The number of carbonyl (C=O) groups excluding carboxylic acids is 2. The van der Waals surface area contributed by atoms with Gasteiger partial charge < -0.3 is 14.8 Å². The second-order valence-electron chi connectivity index (χ2n) is 8.08. The molecule has 6 heteroatoms. The van der Waals surface area contributed by atoms with Crippen LogP contribution in [0, 0.1) is 5.92 Å². The number of carbonyl (C=O) groups is 2. The van der Waals surface area contributed by atoms with Crippen molar-refractivity contribution in [1.29, 1.82) is 0 Å². The van der Waals surface area contributed by atoms with Gasteiger partial charge in [0.1, 0.15) is 0 Å². The number of aromatic nitrogens is 1. The molecular formula is C23H27N3O3. The maximum Gasteiger partial charge on any atom is 0.250 e. The maximum atomic E-state index is 12.7. The van der Waals surface area contributed by atoms with Crippen LogP contribution >= 0.6 is 0 Å². The van der Waals surface area contributed by atoms with E-state index in [1.165, 1.54) is 5.56 Å². The number of likely N-dealkylation sites (tertiary alicyclic amines) is 1. The zero-order valence-electron chi connectivity index (χ0n) is 16.5. The number of pyridine rings is 1. The minimum absolute atomic E-state index is 0.0321. The van der Waals surface area contributed by atoms with E-state index in [1.54, 1.807) is 12.1 Å². The van der Waals surface area contributed by atoms with Gasteiger partial charge >= 0.3 is 0 Å². The van der Waals surface area contributed by atoms with Crippen molar-refractivity contribution >= 4 is 11.8 Å². The number of amides is 2. The van der Waals surface area contributed by atoms with Gasteiger partial charge in [-0.2, -0.15) is 0 Å². The lowest BCUT2D eigenvalue weighted by atomic mass is 9.83. The largest absolute Gasteiger partial charge is 0.356 e. The van der Waals surface area contributed by atoms with E-state index >= 15 is 0 Å². The Balaban J connectivity index is 1.25. The normalized spacial score (nSPS) is 20.1. The van der Waals surface area contributed by atoms with E-state index in [-0.39, 0.29) is 36.1 Å². The van der Waals surface area contributed by atoms with Crippen LogP contribution in [0.2, 0.25) is 0 Å². The van der Waals surface area contributed by atoms with Crippen LogP contribution in [0.4, 0.5) is 0 Å². The summed E-state index contributed by atoms with van der Waals surface area (Å²) in [6.45, 7) is 2.56. The Labute approximate surface area is 170 Å². The van der Waals surface area contributed by atoms with Crippen LogP contribution in [0.5, 0.6) is 0 Å². The Morgan fingerprint density at radius 1 is 0.966 bits per heavy atom. The van der Waals surface area contributed by atoms with Crippen LogP contribution < -0.4 is 10.9 Å². The standard InChI is InChI=1S/C23H27N3O3/c27-21(24-12-11-17-5-2-1-3-6-17)9-10-22(28)25-14-18-13-19(16-25)20-7-4-8-23(29)26(20)15-18/h1-8,18-19H,9-16H2,(H,24,27)/t18-,19?/m1/s1. The van der Waals surface area contributed by atoms with E-state index in [0.29, 0.717) is 32.1 Å². The van der Waals surface area contributed by atoms with Gasteiger partial charge in [0.25, 0.3) is 5.56 Å². The summed E-state index contributed by atoms with van der Waals surface area (Å²) in [4.78, 5) is 38.8. The topological polar surface area (TPSA) is 71.4 Å². The molecular weight excluding hydrogens is 366 g/mol. The number of hydrogen-bond acceptors (Lipinski definition) is 3. The molecule has 1 unspecified atom stereocenters. The third-order valence-electron chi connectivity index (χ3n) is 5.98. The number of piperidine rings is 1. The molecule has 2 bridgehead atoms. The second-order valence-corrected chi connectivity index (χ2v) is 8.08. The van der Waals surface area contributed by atoms with Gasteiger partial charge in [0, 0.05) is 56.7 Å². The summed E-state index contributed by atoms with van der Waals surface area (Å²) in [5, 5.41) is 2.90. The fraction of sp³-hybridized carbons (Fsp3) is 0.435. The zero-order valence-corrected chi connectivity index (χ0v) is 16.5. The van der Waals surface area contributed by atoms with Gasteiger partial charge in [0.2, 0.25) is 11.8 Å². The first-order valence-electron chi connectivity index (χ1n) is 10.4. The van der Waals surface area contributed by atoms with Crippen LogP contribution in [-0.4, -0.2) is 40.9 Å². The summed E-state index contributed by atoms with van der Waals surface area (Å²) in [6.07, 6.45) is 2.26. The number of benzene rings is 1. The number of nitrogens with zero attached hydrogens (tertiary/aromatic N) is 2. The molecule has 2 aromatic rings. The third-order valence-corrected chi connectivity index (χ3v) is 5.98. The van der Waals surface area contributed by atoms with Crippen molar-refractivity contribution in [3.05, 3.63) is 70.1 Å². The molecule has 4 rings (SSSR count). The molecule has 152 valence electrons. The molecule has 2 aliphatic heterocycles. The predicted octanol–water partition coefficient (Wildman–Crippen LogP) is 1.93. The smallest absolute Gasteiger partial charge is 0.250 e. The quantitative estimate of drug-likeness (QED) is 0.815. The molecule has 0 saturated carbocycles. The number of nitrogens with one attached hydrogen (secondary N) is 1. The van der Waals surface area contributed by atoms with E-state index in [2.05, 4.69) is 5.32 Å².